The Bertz CT molecular complexity index is 756. The van der Waals surface area contributed by atoms with E-state index in [1.165, 1.54) is 0 Å². The minimum absolute atomic E-state index is 0.136. The zero-order valence-electron chi connectivity index (χ0n) is 14.9. The van der Waals surface area contributed by atoms with Crippen LogP contribution in [0.3, 0.4) is 0 Å². The monoisotopic (exact) mass is 374 g/mol. The Hall–Kier alpha value is -2.34. The molecule has 138 valence electrons. The number of nitrogens with zero attached hydrogens (tertiary/aromatic N) is 4. The molecule has 0 N–H and O–H groups in total. The first-order valence-electron chi connectivity index (χ1n) is 8.87. The normalized spacial score (nSPS) is 15.1. The van der Waals surface area contributed by atoms with Crippen molar-refractivity contribution in [3.05, 3.63) is 47.2 Å². The quantitative estimate of drug-likeness (QED) is 0.777. The summed E-state index contributed by atoms with van der Waals surface area (Å²) in [4.78, 5) is 25.0. The van der Waals surface area contributed by atoms with Gasteiger partial charge in [0, 0.05) is 24.7 Å². The smallest absolute Gasteiger partial charge is 0.242 e. The van der Waals surface area contributed by atoms with Gasteiger partial charge in [-0.05, 0) is 30.5 Å². The van der Waals surface area contributed by atoms with Crippen LogP contribution < -0.4 is 9.64 Å². The third kappa shape index (κ3) is 4.85. The van der Waals surface area contributed by atoms with Crippen molar-refractivity contribution in [1.82, 2.24) is 14.9 Å². The first kappa shape index (κ1) is 18.5. The third-order valence-electron chi connectivity index (χ3n) is 4.23. The topological polar surface area (TPSA) is 58.6 Å². The molecule has 2 aromatic rings. The number of anilines is 1. The average Bonchev–Trinajstić information content (AvgIpc) is 2.83. The summed E-state index contributed by atoms with van der Waals surface area (Å²) in [5.74, 6) is 1.24. The SMILES string of the molecule is CCCN1CCCN(c2cncc(OCc3cccc(Cl)c3)n2)CC1=O. The molecule has 3 rings (SSSR count). The predicted octanol–water partition coefficient (Wildman–Crippen LogP) is 3.16. The molecule has 1 saturated heterocycles. The maximum Gasteiger partial charge on any atom is 0.242 e. The first-order valence-corrected chi connectivity index (χ1v) is 9.25. The van der Waals surface area contributed by atoms with Gasteiger partial charge in [0.1, 0.15) is 6.61 Å². The van der Waals surface area contributed by atoms with E-state index in [9.17, 15) is 4.79 Å². The molecule has 6 nitrogen and oxygen atoms in total. The summed E-state index contributed by atoms with van der Waals surface area (Å²) in [7, 11) is 0. The van der Waals surface area contributed by atoms with Gasteiger partial charge in [0.25, 0.3) is 0 Å². The van der Waals surface area contributed by atoms with Gasteiger partial charge >= 0.3 is 0 Å². The fourth-order valence-electron chi connectivity index (χ4n) is 2.97. The molecule has 1 aromatic carbocycles. The van der Waals surface area contributed by atoms with Crippen molar-refractivity contribution in [2.24, 2.45) is 0 Å². The molecule has 1 aliphatic heterocycles. The largest absolute Gasteiger partial charge is 0.472 e. The lowest BCUT2D eigenvalue weighted by Crippen LogP contribution is -2.37. The van der Waals surface area contributed by atoms with Crippen LogP contribution in [0.25, 0.3) is 0 Å². The van der Waals surface area contributed by atoms with E-state index < -0.39 is 0 Å². The molecule has 0 saturated carbocycles. The second-order valence-corrected chi connectivity index (χ2v) is 6.73. The Morgan fingerprint density at radius 3 is 2.96 bits per heavy atom. The van der Waals surface area contributed by atoms with Gasteiger partial charge in [0.15, 0.2) is 5.82 Å². The summed E-state index contributed by atoms with van der Waals surface area (Å²) in [5.41, 5.74) is 0.963. The fourth-order valence-corrected chi connectivity index (χ4v) is 3.18. The molecule has 7 heteroatoms. The van der Waals surface area contributed by atoms with E-state index in [1.54, 1.807) is 12.4 Å². The lowest BCUT2D eigenvalue weighted by atomic mass is 10.2. The summed E-state index contributed by atoms with van der Waals surface area (Å²) >= 11 is 5.99. The maximum absolute atomic E-state index is 12.4. The van der Waals surface area contributed by atoms with Crippen LogP contribution in [-0.2, 0) is 11.4 Å². The molecule has 26 heavy (non-hydrogen) atoms. The Morgan fingerprint density at radius 1 is 1.27 bits per heavy atom. The highest BCUT2D eigenvalue weighted by molar-refractivity contribution is 6.30. The van der Waals surface area contributed by atoms with Crippen LogP contribution in [-0.4, -0.2) is 47.0 Å². The summed E-state index contributed by atoms with van der Waals surface area (Å²) in [5, 5.41) is 0.672. The maximum atomic E-state index is 12.4. The highest BCUT2D eigenvalue weighted by atomic mass is 35.5. The Labute approximate surface area is 158 Å². The Balaban J connectivity index is 1.66. The van der Waals surface area contributed by atoms with Gasteiger partial charge in [0.05, 0.1) is 18.9 Å². The molecule has 1 aromatic heterocycles. The minimum atomic E-state index is 0.136. The van der Waals surface area contributed by atoms with Gasteiger partial charge in [-0.2, -0.15) is 4.98 Å². The molecule has 0 atom stereocenters. The van der Waals surface area contributed by atoms with Gasteiger partial charge in [0.2, 0.25) is 11.8 Å². The van der Waals surface area contributed by atoms with Gasteiger partial charge in [-0.25, -0.2) is 0 Å². The van der Waals surface area contributed by atoms with Crippen molar-refractivity contribution in [1.29, 1.82) is 0 Å². The van der Waals surface area contributed by atoms with E-state index in [4.69, 9.17) is 16.3 Å². The van der Waals surface area contributed by atoms with E-state index >= 15 is 0 Å². The molecule has 0 spiro atoms. The van der Waals surface area contributed by atoms with Crippen LogP contribution in [0, 0.1) is 0 Å². The summed E-state index contributed by atoms with van der Waals surface area (Å²) < 4.78 is 5.74. The predicted molar refractivity (Wildman–Crippen MR) is 102 cm³/mol. The Morgan fingerprint density at radius 2 is 2.15 bits per heavy atom. The van der Waals surface area contributed by atoms with Gasteiger partial charge < -0.3 is 14.5 Å². The summed E-state index contributed by atoms with van der Waals surface area (Å²) in [6.45, 7) is 5.15. The van der Waals surface area contributed by atoms with Crippen LogP contribution in [0.1, 0.15) is 25.3 Å². The van der Waals surface area contributed by atoms with Crippen molar-refractivity contribution >= 4 is 23.3 Å². The third-order valence-corrected chi connectivity index (χ3v) is 4.46. The molecule has 0 bridgehead atoms. The highest BCUT2D eigenvalue weighted by Crippen LogP contribution is 2.18. The molecular formula is C19H23ClN4O2. The van der Waals surface area contributed by atoms with Crippen molar-refractivity contribution in [3.63, 3.8) is 0 Å². The van der Waals surface area contributed by atoms with Crippen molar-refractivity contribution < 1.29 is 9.53 Å². The fraction of sp³-hybridized carbons (Fsp3) is 0.421. The van der Waals surface area contributed by atoms with Gasteiger partial charge in [-0.3, -0.25) is 9.78 Å². The highest BCUT2D eigenvalue weighted by Gasteiger charge is 2.22. The number of carbonyl (C=O) groups excluding carboxylic acids is 1. The number of benzene rings is 1. The molecule has 0 radical (unpaired) electrons. The molecular weight excluding hydrogens is 352 g/mol. The van der Waals surface area contributed by atoms with E-state index in [0.717, 1.165) is 38.0 Å². The number of hydrogen-bond donors (Lipinski definition) is 0. The number of hydrogen-bond acceptors (Lipinski definition) is 5. The molecule has 0 unspecified atom stereocenters. The number of rotatable bonds is 6. The molecule has 1 aliphatic rings. The summed E-state index contributed by atoms with van der Waals surface area (Å²) in [6, 6.07) is 7.51. The number of amides is 1. The second kappa shape index (κ2) is 8.85. The molecule has 2 heterocycles. The lowest BCUT2D eigenvalue weighted by molar-refractivity contribution is -0.129. The zero-order valence-corrected chi connectivity index (χ0v) is 15.7. The van der Waals surface area contributed by atoms with Crippen molar-refractivity contribution in [2.75, 3.05) is 31.1 Å². The number of ether oxygens (including phenoxy) is 1. The first-order chi connectivity index (χ1) is 12.7. The van der Waals surface area contributed by atoms with Crippen LogP contribution >= 0.6 is 11.6 Å². The van der Waals surface area contributed by atoms with E-state index in [0.29, 0.717) is 29.9 Å². The van der Waals surface area contributed by atoms with Crippen molar-refractivity contribution in [3.8, 4) is 5.88 Å². The Kier molecular flexibility index (Phi) is 6.28. The van der Waals surface area contributed by atoms with E-state index in [2.05, 4.69) is 16.9 Å². The minimum Gasteiger partial charge on any atom is -0.472 e. The zero-order chi connectivity index (χ0) is 18.4. The molecule has 1 fully saturated rings. The van der Waals surface area contributed by atoms with Crippen LogP contribution in [0.15, 0.2) is 36.7 Å². The lowest BCUT2D eigenvalue weighted by Gasteiger charge is -2.22. The van der Waals surface area contributed by atoms with Gasteiger partial charge in [-0.1, -0.05) is 30.7 Å². The average molecular weight is 375 g/mol. The number of halogens is 1. The van der Waals surface area contributed by atoms with Crippen LogP contribution in [0.4, 0.5) is 5.82 Å². The number of aromatic nitrogens is 2. The number of carbonyl (C=O) groups is 1. The van der Waals surface area contributed by atoms with Crippen LogP contribution in [0.2, 0.25) is 5.02 Å². The van der Waals surface area contributed by atoms with E-state index in [1.807, 2.05) is 34.1 Å². The van der Waals surface area contributed by atoms with E-state index in [-0.39, 0.29) is 5.91 Å². The second-order valence-electron chi connectivity index (χ2n) is 6.29. The van der Waals surface area contributed by atoms with Gasteiger partial charge in [-0.15, -0.1) is 0 Å². The standard InChI is InChI=1S/C19H23ClN4O2/c1-2-7-23-8-4-9-24(13-19(23)25)17-11-21-12-18(22-17)26-14-15-5-3-6-16(20)10-15/h3,5-6,10-12H,2,4,7-9,13-14H2,1H3. The molecule has 1 amide bonds. The molecule has 0 aliphatic carbocycles. The van der Waals surface area contributed by atoms with Crippen LogP contribution in [0.5, 0.6) is 5.88 Å². The van der Waals surface area contributed by atoms with Crippen molar-refractivity contribution in [2.45, 2.75) is 26.4 Å². The summed E-state index contributed by atoms with van der Waals surface area (Å²) in [6.07, 6.45) is 5.14.